The zero-order valence-electron chi connectivity index (χ0n) is 14.1. The van der Waals surface area contributed by atoms with Gasteiger partial charge in [0.05, 0.1) is 17.9 Å². The van der Waals surface area contributed by atoms with E-state index >= 15 is 0 Å². The van der Waals surface area contributed by atoms with E-state index in [1.807, 2.05) is 0 Å². The van der Waals surface area contributed by atoms with Gasteiger partial charge in [-0.2, -0.15) is 0 Å². The average molecular weight is 415 g/mol. The van der Waals surface area contributed by atoms with Gasteiger partial charge in [0, 0.05) is 50.5 Å². The molecule has 2 aromatic rings. The second-order valence-electron chi connectivity index (χ2n) is 5.40. The first-order valence-corrected chi connectivity index (χ1v) is 8.83. The third kappa shape index (κ3) is 7.72. The fourth-order valence-corrected chi connectivity index (χ4v) is 2.58. The summed E-state index contributed by atoms with van der Waals surface area (Å²) >= 11 is 11.4. The summed E-state index contributed by atoms with van der Waals surface area (Å²) in [7, 11) is 0. The topological polar surface area (TPSA) is 116 Å². The molecule has 0 saturated carbocycles. The van der Waals surface area contributed by atoms with Gasteiger partial charge in [0.15, 0.2) is 10.3 Å². The Hall–Kier alpha value is -1.87. The van der Waals surface area contributed by atoms with Crippen molar-refractivity contribution in [3.05, 3.63) is 46.5 Å². The summed E-state index contributed by atoms with van der Waals surface area (Å²) in [6, 6.07) is 0. The number of hydrogen-bond donors (Lipinski definition) is 2. The van der Waals surface area contributed by atoms with Gasteiger partial charge in [-0.1, -0.05) is 30.6 Å². The lowest BCUT2D eigenvalue weighted by Crippen LogP contribution is -2.34. The van der Waals surface area contributed by atoms with Gasteiger partial charge in [-0.05, 0) is 12.8 Å². The molecule has 0 spiro atoms. The van der Waals surface area contributed by atoms with Crippen molar-refractivity contribution in [1.29, 1.82) is 0 Å². The van der Waals surface area contributed by atoms with Crippen LogP contribution < -0.4 is 11.1 Å². The van der Waals surface area contributed by atoms with E-state index in [1.54, 1.807) is 12.4 Å². The summed E-state index contributed by atoms with van der Waals surface area (Å²) in [5.74, 6) is 0.0780. The maximum atomic E-state index is 11.8. The smallest absolute Gasteiger partial charge is 0.223 e. The molecule has 3 N–H and O–H groups in total. The van der Waals surface area contributed by atoms with Crippen molar-refractivity contribution in [2.45, 2.75) is 33.4 Å². The van der Waals surface area contributed by atoms with Gasteiger partial charge >= 0.3 is 0 Å². The number of rotatable bonds is 4. The molecule has 1 amide bonds. The highest BCUT2D eigenvalue weighted by atomic mass is 35.5. The number of carbonyl (C=O) groups is 1. The highest BCUT2D eigenvalue weighted by molar-refractivity contribution is 6.30. The fourth-order valence-electron chi connectivity index (χ4n) is 2.23. The third-order valence-corrected chi connectivity index (χ3v) is 4.29. The number of aromatic nitrogens is 4. The number of nitrogens with one attached hydrogen (secondary N) is 1. The molecule has 0 atom stereocenters. The number of carbonyl (C=O) groups excluding carboxylic acids is 1. The predicted molar refractivity (Wildman–Crippen MR) is 104 cm³/mol. The monoisotopic (exact) mass is 414 g/mol. The van der Waals surface area contributed by atoms with Gasteiger partial charge < -0.3 is 15.8 Å². The Balaban J connectivity index is 0.000000310. The van der Waals surface area contributed by atoms with Crippen LogP contribution in [0.3, 0.4) is 0 Å². The Morgan fingerprint density at radius 3 is 2.04 bits per heavy atom. The Labute approximate surface area is 168 Å². The van der Waals surface area contributed by atoms with Crippen molar-refractivity contribution in [2.24, 2.45) is 11.7 Å². The molecular formula is C17H24Cl2N6O2. The molecule has 0 bridgehead atoms. The van der Waals surface area contributed by atoms with Crippen molar-refractivity contribution in [2.75, 3.05) is 13.2 Å². The van der Waals surface area contributed by atoms with Crippen LogP contribution in [0.2, 0.25) is 10.3 Å². The Bertz CT molecular complexity index is 713. The van der Waals surface area contributed by atoms with Crippen LogP contribution in [-0.4, -0.2) is 39.1 Å². The third-order valence-electron chi connectivity index (χ3n) is 3.66. The molecule has 27 heavy (non-hydrogen) atoms. The molecule has 0 aliphatic carbocycles. The first-order chi connectivity index (χ1) is 12.6. The van der Waals surface area contributed by atoms with Gasteiger partial charge in [-0.15, -0.1) is 0 Å². The summed E-state index contributed by atoms with van der Waals surface area (Å²) in [4.78, 5) is 27.4. The van der Waals surface area contributed by atoms with E-state index < -0.39 is 0 Å². The summed E-state index contributed by atoms with van der Waals surface area (Å²) in [5, 5.41) is 3.55. The normalized spacial score (nSPS) is 13.7. The maximum Gasteiger partial charge on any atom is 0.223 e. The molecule has 1 fully saturated rings. The molecule has 1 aliphatic rings. The van der Waals surface area contributed by atoms with Crippen molar-refractivity contribution in [1.82, 2.24) is 25.3 Å². The molecule has 3 heterocycles. The molecule has 0 unspecified atom stereocenters. The SMILES string of the molecule is C.NCc1nccnc1Cl.O=C(NCc1nccnc1Cl)C1CCOCC1. The molecule has 0 radical (unpaired) electrons. The lowest BCUT2D eigenvalue weighted by molar-refractivity contribution is -0.128. The summed E-state index contributed by atoms with van der Waals surface area (Å²) < 4.78 is 5.21. The van der Waals surface area contributed by atoms with Gasteiger partial charge in [-0.25, -0.2) is 9.97 Å². The second kappa shape index (κ2) is 12.5. The molecule has 3 rings (SSSR count). The number of hydrogen-bond acceptors (Lipinski definition) is 7. The molecule has 148 valence electrons. The van der Waals surface area contributed by atoms with Crippen LogP contribution in [0.1, 0.15) is 31.7 Å². The van der Waals surface area contributed by atoms with Gasteiger partial charge in [0.1, 0.15) is 0 Å². The number of amides is 1. The first kappa shape index (κ1) is 23.2. The first-order valence-electron chi connectivity index (χ1n) is 8.08. The number of nitrogens with two attached hydrogens (primary N) is 1. The minimum absolute atomic E-state index is 0. The second-order valence-corrected chi connectivity index (χ2v) is 6.11. The predicted octanol–water partition coefficient (Wildman–Crippen LogP) is 2.40. The van der Waals surface area contributed by atoms with Crippen molar-refractivity contribution < 1.29 is 9.53 Å². The van der Waals surface area contributed by atoms with Gasteiger partial charge in [-0.3, -0.25) is 14.8 Å². The van der Waals surface area contributed by atoms with Crippen molar-refractivity contribution in [3.63, 3.8) is 0 Å². The molecule has 1 saturated heterocycles. The minimum atomic E-state index is 0. The Morgan fingerprint density at radius 1 is 1.04 bits per heavy atom. The van der Waals surface area contributed by atoms with E-state index in [0.29, 0.717) is 48.0 Å². The number of nitrogens with zero attached hydrogens (tertiary/aromatic N) is 4. The van der Waals surface area contributed by atoms with Crippen LogP contribution in [0.15, 0.2) is 24.8 Å². The van der Waals surface area contributed by atoms with E-state index in [9.17, 15) is 4.79 Å². The zero-order chi connectivity index (χ0) is 18.8. The van der Waals surface area contributed by atoms with E-state index in [2.05, 4.69) is 25.3 Å². The van der Waals surface area contributed by atoms with Crippen LogP contribution in [0.4, 0.5) is 0 Å². The lowest BCUT2D eigenvalue weighted by Gasteiger charge is -2.21. The van der Waals surface area contributed by atoms with E-state index in [4.69, 9.17) is 33.7 Å². The quantitative estimate of drug-likeness (QED) is 0.788. The Kier molecular flexibility index (Phi) is 10.7. The molecule has 8 nitrogen and oxygen atoms in total. The van der Waals surface area contributed by atoms with Gasteiger partial charge in [0.25, 0.3) is 0 Å². The standard InChI is InChI=1S/C11H14ClN3O2.C5H6ClN3.CH4/c12-10-9(13-3-4-14-10)7-15-11(16)8-1-5-17-6-2-8;6-5-4(3-7)8-1-2-9-5;/h3-4,8H,1-2,5-7H2,(H,15,16);1-2H,3,7H2;1H4. The maximum absolute atomic E-state index is 11.8. The zero-order valence-corrected chi connectivity index (χ0v) is 15.6. The highest BCUT2D eigenvalue weighted by Gasteiger charge is 2.21. The fraction of sp³-hybridized carbons (Fsp3) is 0.471. The van der Waals surface area contributed by atoms with Crippen LogP contribution in [0.25, 0.3) is 0 Å². The lowest BCUT2D eigenvalue weighted by atomic mass is 9.99. The Morgan fingerprint density at radius 2 is 1.56 bits per heavy atom. The van der Waals surface area contributed by atoms with E-state index in [-0.39, 0.29) is 19.3 Å². The van der Waals surface area contributed by atoms with Crippen molar-refractivity contribution >= 4 is 29.1 Å². The van der Waals surface area contributed by atoms with Crippen LogP contribution in [0.5, 0.6) is 0 Å². The van der Waals surface area contributed by atoms with Gasteiger partial charge in [0.2, 0.25) is 5.91 Å². The average Bonchev–Trinajstić information content (AvgIpc) is 2.69. The highest BCUT2D eigenvalue weighted by Crippen LogP contribution is 2.15. The van der Waals surface area contributed by atoms with E-state index in [0.717, 1.165) is 12.8 Å². The van der Waals surface area contributed by atoms with Crippen LogP contribution in [-0.2, 0) is 22.6 Å². The van der Waals surface area contributed by atoms with Crippen LogP contribution >= 0.6 is 23.2 Å². The van der Waals surface area contributed by atoms with Crippen LogP contribution in [0, 0.1) is 5.92 Å². The summed E-state index contributed by atoms with van der Waals surface area (Å²) in [6.45, 7) is 1.98. The molecular weight excluding hydrogens is 391 g/mol. The van der Waals surface area contributed by atoms with Crippen molar-refractivity contribution in [3.8, 4) is 0 Å². The summed E-state index contributed by atoms with van der Waals surface area (Å²) in [6.07, 6.45) is 7.73. The summed E-state index contributed by atoms with van der Waals surface area (Å²) in [5.41, 5.74) is 6.49. The molecule has 1 aliphatic heterocycles. The number of halogens is 2. The molecule has 10 heteroatoms. The molecule has 2 aromatic heterocycles. The minimum Gasteiger partial charge on any atom is -0.381 e. The van der Waals surface area contributed by atoms with E-state index in [1.165, 1.54) is 12.4 Å². The molecule has 0 aromatic carbocycles. The largest absolute Gasteiger partial charge is 0.381 e. The number of ether oxygens (including phenoxy) is 1.